The van der Waals surface area contributed by atoms with Crippen molar-refractivity contribution < 1.29 is 21.7 Å². The Kier molecular flexibility index (Phi) is 16.9. The molecule has 0 radical (unpaired) electrons. The Morgan fingerprint density at radius 1 is 0.929 bits per heavy atom. The second kappa shape index (κ2) is 15.7. The molecule has 0 aromatic rings. The van der Waals surface area contributed by atoms with Gasteiger partial charge in [0.05, 0.1) is 0 Å². The molecule has 3 unspecified atom stereocenters. The first-order valence-electron chi connectivity index (χ1n) is 11.0. The zero-order chi connectivity index (χ0) is 21.0. The first-order chi connectivity index (χ1) is 12.7. The van der Waals surface area contributed by atoms with Crippen LogP contribution in [-0.4, -0.2) is 17.0 Å². The topological polar surface area (TPSA) is 12.4 Å². The predicted octanol–water partition coefficient (Wildman–Crippen LogP) is 9.34. The third-order valence-electron chi connectivity index (χ3n) is 6.43. The standard InChI is InChI=1S/C17H32NP.C8H14.Ti/c1-7-14(4)19(15(5)8-2,16(6)9-3)18-17-12-10-11-13-17;1-5-7(3)8(4)6-2;/h10-12,14-16H,7-9,13H2,1-6H3;5-6H,1-4H3;. The van der Waals surface area contributed by atoms with E-state index < -0.39 is 7.05 Å². The van der Waals surface area contributed by atoms with Crippen molar-refractivity contribution in [3.63, 3.8) is 0 Å². The monoisotopic (exact) mass is 439 g/mol. The summed E-state index contributed by atoms with van der Waals surface area (Å²) in [7, 11) is -1.30. The largest absolute Gasteiger partial charge is 0.271 e. The first kappa shape index (κ1) is 30.1. The molecule has 160 valence electrons. The van der Waals surface area contributed by atoms with Gasteiger partial charge in [0.2, 0.25) is 0 Å². The third kappa shape index (κ3) is 8.34. The molecular formula is C25H46NPTi. The van der Waals surface area contributed by atoms with Gasteiger partial charge in [0.25, 0.3) is 0 Å². The summed E-state index contributed by atoms with van der Waals surface area (Å²) in [6.45, 7) is 22.7. The van der Waals surface area contributed by atoms with Crippen molar-refractivity contribution in [3.8, 4) is 0 Å². The van der Waals surface area contributed by atoms with Crippen LogP contribution in [0, 0.1) is 0 Å². The summed E-state index contributed by atoms with van der Waals surface area (Å²) in [5.41, 5.74) is 6.31. The van der Waals surface area contributed by atoms with Crippen molar-refractivity contribution in [2.75, 3.05) is 0 Å². The molecule has 0 aromatic carbocycles. The molecule has 0 aliphatic heterocycles. The van der Waals surface area contributed by atoms with Gasteiger partial charge in [-0.25, -0.2) is 0 Å². The van der Waals surface area contributed by atoms with Gasteiger partial charge in [-0.2, -0.15) is 0 Å². The number of hydrogen-bond donors (Lipinski definition) is 0. The minimum Gasteiger partial charge on any atom is -0.271 e. The number of nitrogens with zero attached hydrogens (tertiary/aromatic N) is 1. The molecule has 1 aliphatic rings. The van der Waals surface area contributed by atoms with Gasteiger partial charge in [-0.05, 0) is 77.1 Å². The number of hydrogen-bond acceptors (Lipinski definition) is 1. The number of rotatable bonds is 8. The maximum Gasteiger partial charge on any atom is 0.0425 e. The van der Waals surface area contributed by atoms with Crippen molar-refractivity contribution in [1.82, 2.24) is 0 Å². The normalized spacial score (nSPS) is 19.4. The molecule has 0 fully saturated rings. The molecular weight excluding hydrogens is 393 g/mol. The van der Waals surface area contributed by atoms with Crippen molar-refractivity contribution in [2.45, 2.75) is 112 Å². The van der Waals surface area contributed by atoms with Crippen LogP contribution in [0.2, 0.25) is 0 Å². The molecule has 0 N–H and O–H groups in total. The Balaban J connectivity index is 0. The predicted molar refractivity (Wildman–Crippen MR) is 129 cm³/mol. The van der Waals surface area contributed by atoms with Crippen LogP contribution in [0.15, 0.2) is 52.0 Å². The van der Waals surface area contributed by atoms with Gasteiger partial charge in [0.1, 0.15) is 0 Å². The quantitative estimate of drug-likeness (QED) is 0.203. The van der Waals surface area contributed by atoms with Gasteiger partial charge >= 0.3 is 0 Å². The van der Waals surface area contributed by atoms with Crippen molar-refractivity contribution in [2.24, 2.45) is 4.74 Å². The van der Waals surface area contributed by atoms with E-state index in [0.717, 1.165) is 23.4 Å². The molecule has 28 heavy (non-hydrogen) atoms. The van der Waals surface area contributed by atoms with E-state index in [2.05, 4.69) is 99.6 Å². The average Bonchev–Trinajstić information content (AvgIpc) is 3.22. The molecule has 0 bridgehead atoms. The Labute approximate surface area is 192 Å². The summed E-state index contributed by atoms with van der Waals surface area (Å²) >= 11 is 0. The Bertz CT molecular complexity index is 561. The molecule has 3 heteroatoms. The fraction of sp³-hybridized carbons (Fsp3) is 0.680. The van der Waals surface area contributed by atoms with Crippen LogP contribution in [0.4, 0.5) is 0 Å². The van der Waals surface area contributed by atoms with E-state index in [1.807, 2.05) is 0 Å². The fourth-order valence-corrected chi connectivity index (χ4v) is 9.21. The SMILES string of the molecule is CC=C(C)C(C)=CC.CCC(C)P(=NC1=CC=CC1)(C(C)CC)C(C)CC.[Ti]. The van der Waals surface area contributed by atoms with E-state index in [1.54, 1.807) is 0 Å². The maximum atomic E-state index is 5.43. The van der Waals surface area contributed by atoms with Gasteiger partial charge in [-0.1, -0.05) is 77.0 Å². The average molecular weight is 439 g/mol. The molecule has 0 amide bonds. The van der Waals surface area contributed by atoms with E-state index in [0.29, 0.717) is 0 Å². The molecule has 0 saturated carbocycles. The van der Waals surface area contributed by atoms with Gasteiger partial charge in [0, 0.05) is 33.8 Å². The van der Waals surface area contributed by atoms with Crippen LogP contribution < -0.4 is 0 Å². The zero-order valence-electron chi connectivity index (χ0n) is 20.3. The second-order valence-corrected chi connectivity index (χ2v) is 12.3. The number of allylic oxidation sites excluding steroid dienone is 7. The summed E-state index contributed by atoms with van der Waals surface area (Å²) in [4.78, 5) is 0. The molecule has 0 heterocycles. The summed E-state index contributed by atoms with van der Waals surface area (Å²) in [6, 6.07) is 0. The summed E-state index contributed by atoms with van der Waals surface area (Å²) in [5, 5.41) is 0. The van der Waals surface area contributed by atoms with Gasteiger partial charge in [0.15, 0.2) is 0 Å². The minimum atomic E-state index is -1.30. The van der Waals surface area contributed by atoms with E-state index >= 15 is 0 Å². The molecule has 0 spiro atoms. The maximum absolute atomic E-state index is 5.43. The molecule has 1 rings (SSSR count). The first-order valence-corrected chi connectivity index (χ1v) is 12.9. The van der Waals surface area contributed by atoms with Crippen LogP contribution in [0.5, 0.6) is 0 Å². The van der Waals surface area contributed by atoms with Crippen LogP contribution in [-0.2, 0) is 21.7 Å². The fourth-order valence-electron chi connectivity index (χ4n) is 3.66. The molecule has 1 nitrogen and oxygen atoms in total. The van der Waals surface area contributed by atoms with Crippen molar-refractivity contribution in [3.05, 3.63) is 47.2 Å². The van der Waals surface area contributed by atoms with Crippen LogP contribution in [0.3, 0.4) is 0 Å². The molecule has 3 atom stereocenters. The van der Waals surface area contributed by atoms with Gasteiger partial charge in [-0.15, -0.1) is 0 Å². The van der Waals surface area contributed by atoms with E-state index in [9.17, 15) is 0 Å². The zero-order valence-corrected chi connectivity index (χ0v) is 22.8. The second-order valence-electron chi connectivity index (χ2n) is 7.90. The van der Waals surface area contributed by atoms with Crippen molar-refractivity contribution in [1.29, 1.82) is 0 Å². The Morgan fingerprint density at radius 2 is 1.32 bits per heavy atom. The summed E-state index contributed by atoms with van der Waals surface area (Å²) < 4.78 is 5.43. The smallest absolute Gasteiger partial charge is 0.0425 e. The third-order valence-corrected chi connectivity index (χ3v) is 12.4. The van der Waals surface area contributed by atoms with Crippen LogP contribution in [0.1, 0.15) is 94.9 Å². The van der Waals surface area contributed by atoms with Crippen molar-refractivity contribution >= 4 is 7.05 Å². The Morgan fingerprint density at radius 3 is 1.57 bits per heavy atom. The molecule has 1 aliphatic carbocycles. The van der Waals surface area contributed by atoms with E-state index in [-0.39, 0.29) is 21.7 Å². The van der Waals surface area contributed by atoms with Gasteiger partial charge < -0.3 is 0 Å². The Hall–Kier alpha value is -0.0957. The van der Waals surface area contributed by atoms with E-state index in [4.69, 9.17) is 4.74 Å². The summed E-state index contributed by atoms with van der Waals surface area (Å²) in [6.07, 6.45) is 15.7. The minimum absolute atomic E-state index is 0. The summed E-state index contributed by atoms with van der Waals surface area (Å²) in [5.74, 6) is 0. The van der Waals surface area contributed by atoms with E-state index in [1.165, 1.54) is 36.1 Å². The van der Waals surface area contributed by atoms with Crippen LogP contribution in [0.25, 0.3) is 0 Å². The molecule has 0 saturated heterocycles. The van der Waals surface area contributed by atoms with Gasteiger partial charge in [-0.3, -0.25) is 4.74 Å². The molecule has 0 aromatic heterocycles. The van der Waals surface area contributed by atoms with Crippen LogP contribution >= 0.6 is 7.05 Å².